The van der Waals surface area contributed by atoms with Gasteiger partial charge in [0.25, 0.3) is 20.2 Å². The highest BCUT2D eigenvalue weighted by Gasteiger charge is 2.62. The molecular weight excluding hydrogens is 817 g/mol. The molecule has 0 spiro atoms. The highest BCUT2D eigenvalue weighted by atomic mass is 32.2. The van der Waals surface area contributed by atoms with Crippen LogP contribution in [0.1, 0.15) is 124 Å². The second-order valence-corrected chi connectivity index (χ2v) is 23.7. The quantitative estimate of drug-likeness (QED) is 0.0424. The van der Waals surface area contributed by atoms with Gasteiger partial charge in [0.15, 0.2) is 0 Å². The molecule has 0 aromatic heterocycles. The third kappa shape index (κ3) is 9.88. The first-order valence-electron chi connectivity index (χ1n) is 19.7. The van der Waals surface area contributed by atoms with Crippen molar-refractivity contribution >= 4 is 40.8 Å². The minimum absolute atomic E-state index is 0.00148. The molecule has 0 aromatic carbocycles. The Hall–Kier alpha value is -1.18. The van der Waals surface area contributed by atoms with Gasteiger partial charge >= 0.3 is 20.6 Å². The van der Waals surface area contributed by atoms with Gasteiger partial charge in [-0.25, -0.2) is 0 Å². The van der Waals surface area contributed by atoms with Crippen molar-refractivity contribution in [3.05, 3.63) is 17.1 Å². The van der Waals surface area contributed by atoms with Crippen LogP contribution in [0.15, 0.2) is 17.3 Å². The van der Waals surface area contributed by atoms with E-state index in [1.807, 2.05) is 6.92 Å². The number of aliphatic hydroxyl groups excluding tert-OH is 1. The molecule has 2 aliphatic heterocycles. The summed E-state index contributed by atoms with van der Waals surface area (Å²) < 4.78 is 144. The minimum Gasteiger partial charge on any atom is -0.379 e. The van der Waals surface area contributed by atoms with Crippen LogP contribution < -0.4 is 5.32 Å². The highest BCUT2D eigenvalue weighted by Crippen LogP contribution is 2.57. The normalized spacial score (nSPS) is 38.0. The van der Waals surface area contributed by atoms with E-state index in [-0.39, 0.29) is 57.0 Å². The maximum Gasteiger partial charge on any atom is 0.336 e. The molecule has 0 aromatic rings. The van der Waals surface area contributed by atoms with Crippen LogP contribution in [0.3, 0.4) is 0 Å². The topological polar surface area (TPSA) is 286 Å². The Morgan fingerprint density at radius 1 is 0.732 bits per heavy atom. The van der Waals surface area contributed by atoms with Gasteiger partial charge in [-0.1, -0.05) is 50.9 Å². The van der Waals surface area contributed by atoms with Crippen LogP contribution in [0.2, 0.25) is 0 Å². The molecule has 56 heavy (non-hydrogen) atoms. The van der Waals surface area contributed by atoms with Gasteiger partial charge in [-0.2, -0.15) is 47.2 Å². The zero-order chi connectivity index (χ0) is 41.6. The molecule has 0 radical (unpaired) electrons. The molecule has 6 N–H and O–H groups in total. The lowest BCUT2D eigenvalue weighted by atomic mass is 9.65. The molecular formula is C34H60N4O14S4. The monoisotopic (exact) mass is 876 g/mol. The van der Waals surface area contributed by atoms with E-state index < -0.39 is 104 Å². The second kappa shape index (κ2) is 17.1. The SMILES string of the molecule is CC1(C)C2CC(S(=O)(=O)O)CCC2N(S(=O)(=O)O)C1C/C=C/C1N(S(=O)(=O)O)C2CCC(S(=O)(=O)O)CC2C1(C)CCCCCC(O)NC1CCC(N=O)CC1. The molecule has 10 unspecified atom stereocenters. The number of nitrogens with one attached hydrogen (secondary N) is 1. The molecule has 2 heterocycles. The van der Waals surface area contributed by atoms with Crippen LogP contribution in [0.4, 0.5) is 0 Å². The fourth-order valence-corrected chi connectivity index (χ4v) is 15.4. The number of hydrogen-bond donors (Lipinski definition) is 6. The van der Waals surface area contributed by atoms with Crippen molar-refractivity contribution in [2.75, 3.05) is 0 Å². The second-order valence-electron chi connectivity index (χ2n) is 17.7. The van der Waals surface area contributed by atoms with Crippen LogP contribution in [-0.4, -0.2) is 119 Å². The van der Waals surface area contributed by atoms with Gasteiger partial charge in [0.1, 0.15) is 6.23 Å². The van der Waals surface area contributed by atoms with Gasteiger partial charge in [-0.15, -0.1) is 0 Å². The van der Waals surface area contributed by atoms with Crippen molar-refractivity contribution in [2.45, 2.75) is 176 Å². The number of fused-ring (bicyclic) bond motifs is 2. The third-order valence-corrected chi connectivity index (χ3v) is 18.8. The molecule has 18 nitrogen and oxygen atoms in total. The number of hydrogen-bond acceptors (Lipinski definition) is 12. The van der Waals surface area contributed by atoms with E-state index in [9.17, 15) is 61.9 Å². The number of aliphatic hydroxyl groups is 1. The van der Waals surface area contributed by atoms with E-state index in [2.05, 4.69) is 10.5 Å². The lowest BCUT2D eigenvalue weighted by molar-refractivity contribution is 0.0992. The highest BCUT2D eigenvalue weighted by molar-refractivity contribution is 7.86. The Morgan fingerprint density at radius 3 is 1.79 bits per heavy atom. The van der Waals surface area contributed by atoms with Gasteiger partial charge in [-0.3, -0.25) is 23.5 Å². The average Bonchev–Trinajstić information content (AvgIpc) is 3.47. The maximum absolute atomic E-state index is 13.1. The van der Waals surface area contributed by atoms with E-state index in [0.29, 0.717) is 44.9 Å². The predicted molar refractivity (Wildman–Crippen MR) is 207 cm³/mol. The van der Waals surface area contributed by atoms with Crippen molar-refractivity contribution in [3.63, 3.8) is 0 Å². The minimum atomic E-state index is -4.88. The Balaban J connectivity index is 1.37. The largest absolute Gasteiger partial charge is 0.379 e. The zero-order valence-corrected chi connectivity index (χ0v) is 35.5. The lowest BCUT2D eigenvalue weighted by Crippen LogP contribution is -2.45. The van der Waals surface area contributed by atoms with E-state index in [1.165, 1.54) is 0 Å². The fourth-order valence-electron chi connectivity index (χ4n) is 11.2. The molecule has 5 rings (SSSR count). The average molecular weight is 877 g/mol. The molecule has 3 saturated carbocycles. The first kappa shape index (κ1) is 45.9. The molecule has 5 fully saturated rings. The summed E-state index contributed by atoms with van der Waals surface area (Å²) in [6.45, 7) is 5.35. The Bertz CT molecular complexity index is 1890. The van der Waals surface area contributed by atoms with Crippen LogP contribution in [0, 0.1) is 27.6 Å². The van der Waals surface area contributed by atoms with E-state index in [1.54, 1.807) is 26.0 Å². The molecule has 2 saturated heterocycles. The Kier molecular flexibility index (Phi) is 14.0. The van der Waals surface area contributed by atoms with E-state index in [0.717, 1.165) is 21.5 Å². The molecule has 0 bridgehead atoms. The van der Waals surface area contributed by atoms with Gasteiger partial charge < -0.3 is 5.11 Å². The van der Waals surface area contributed by atoms with Gasteiger partial charge in [0.05, 0.1) is 22.6 Å². The van der Waals surface area contributed by atoms with Crippen molar-refractivity contribution in [2.24, 2.45) is 27.8 Å². The number of rotatable bonds is 16. The zero-order valence-electron chi connectivity index (χ0n) is 32.2. The van der Waals surface area contributed by atoms with Crippen molar-refractivity contribution < 1.29 is 57.0 Å². The van der Waals surface area contributed by atoms with Gasteiger partial charge in [-0.05, 0) is 113 Å². The maximum atomic E-state index is 13.1. The summed E-state index contributed by atoms with van der Waals surface area (Å²) in [5, 5.41) is 14.7. The predicted octanol–water partition coefficient (Wildman–Crippen LogP) is 3.73. The van der Waals surface area contributed by atoms with Crippen molar-refractivity contribution in [1.29, 1.82) is 0 Å². The molecule has 10 atom stereocenters. The molecule has 324 valence electrons. The Labute approximate surface area is 331 Å². The molecule has 3 aliphatic carbocycles. The van der Waals surface area contributed by atoms with Gasteiger partial charge in [0.2, 0.25) is 0 Å². The summed E-state index contributed by atoms with van der Waals surface area (Å²) >= 11 is 0. The summed E-state index contributed by atoms with van der Waals surface area (Å²) in [4.78, 5) is 10.8. The lowest BCUT2D eigenvalue weighted by Gasteiger charge is -2.39. The number of nitrogens with zero attached hydrogens (tertiary/aromatic N) is 3. The Morgan fingerprint density at radius 2 is 1.27 bits per heavy atom. The van der Waals surface area contributed by atoms with Crippen LogP contribution in [0.5, 0.6) is 0 Å². The molecule has 0 amide bonds. The fraction of sp³-hybridized carbons (Fsp3) is 0.941. The first-order chi connectivity index (χ1) is 25.8. The molecule has 5 aliphatic rings. The summed E-state index contributed by atoms with van der Waals surface area (Å²) in [5.74, 6) is -1.14. The number of nitroso groups, excluding NO2 is 1. The van der Waals surface area contributed by atoms with Crippen molar-refractivity contribution in [1.82, 2.24) is 13.9 Å². The molecule has 22 heteroatoms. The summed E-state index contributed by atoms with van der Waals surface area (Å²) in [6, 6.07) is -3.55. The van der Waals surface area contributed by atoms with Crippen LogP contribution in [0.25, 0.3) is 0 Å². The number of unbranched alkanes of at least 4 members (excludes halogenated alkanes) is 2. The van der Waals surface area contributed by atoms with Crippen LogP contribution in [-0.2, 0) is 40.8 Å². The first-order valence-corrected chi connectivity index (χ1v) is 25.5. The van der Waals surface area contributed by atoms with Crippen LogP contribution >= 0.6 is 0 Å². The van der Waals surface area contributed by atoms with E-state index in [4.69, 9.17) is 0 Å². The summed E-state index contributed by atoms with van der Waals surface area (Å²) in [5.41, 5.74) is -1.87. The van der Waals surface area contributed by atoms with Crippen molar-refractivity contribution in [3.8, 4) is 0 Å². The van der Waals surface area contributed by atoms with Gasteiger partial charge in [0, 0.05) is 24.2 Å². The summed E-state index contributed by atoms with van der Waals surface area (Å²) in [7, 11) is -18.6. The standard InChI is InChI=1S/C34H60N4O14S4/c1-33(2)26-20-24(53(41,42)43)15-17-28(26)37(55(47,48)49)30(33)8-7-9-31-34(3,19-6-4-5-10-32(39)35-22-11-13-23(36-40)14-12-22)27-21-25(54(44,45)46)16-18-29(27)38(31)56(50,51)52/h7,9,22-32,35,39H,4-6,8,10-21H2,1-3H3,(H,41,42,43)(H,44,45,46)(H,47,48,49)(H,50,51,52)/b9-7+. The third-order valence-electron chi connectivity index (χ3n) is 14.1. The van der Waals surface area contributed by atoms with E-state index >= 15 is 0 Å². The summed E-state index contributed by atoms with van der Waals surface area (Å²) in [6.07, 6.45) is 7.85. The smallest absolute Gasteiger partial charge is 0.336 e.